The van der Waals surface area contributed by atoms with E-state index in [-0.39, 0.29) is 5.91 Å². The van der Waals surface area contributed by atoms with Crippen LogP contribution in [0.3, 0.4) is 0 Å². The second-order valence-electron chi connectivity index (χ2n) is 7.50. The van der Waals surface area contributed by atoms with Crippen LogP contribution < -0.4 is 16.0 Å². The summed E-state index contributed by atoms with van der Waals surface area (Å²) < 4.78 is 0. The molecule has 6 nitrogen and oxygen atoms in total. The molecule has 1 aliphatic rings. The molecule has 29 heavy (non-hydrogen) atoms. The first-order valence-corrected chi connectivity index (χ1v) is 10.7. The van der Waals surface area contributed by atoms with Gasteiger partial charge in [0.15, 0.2) is 0 Å². The normalized spacial score (nSPS) is 16.7. The number of hydrogen-bond donors (Lipinski definition) is 3. The minimum absolute atomic E-state index is 0.0109. The van der Waals surface area contributed by atoms with Gasteiger partial charge in [0.1, 0.15) is 0 Å². The van der Waals surface area contributed by atoms with Crippen LogP contribution in [0.4, 0.5) is 0 Å². The van der Waals surface area contributed by atoms with E-state index < -0.39 is 0 Å². The average molecular weight is 396 g/mol. The van der Waals surface area contributed by atoms with Crippen LogP contribution in [-0.2, 0) is 13.1 Å². The Morgan fingerprint density at radius 2 is 1.59 bits per heavy atom. The van der Waals surface area contributed by atoms with Gasteiger partial charge in [-0.3, -0.25) is 9.78 Å². The number of pyridine rings is 1. The van der Waals surface area contributed by atoms with Gasteiger partial charge < -0.3 is 20.9 Å². The molecule has 0 atom stereocenters. The maximum absolute atomic E-state index is 12.1. The van der Waals surface area contributed by atoms with Gasteiger partial charge in [0.05, 0.1) is 11.4 Å². The first kappa shape index (κ1) is 21.4. The summed E-state index contributed by atoms with van der Waals surface area (Å²) in [7, 11) is 0. The quantitative estimate of drug-likeness (QED) is 0.677. The molecule has 0 aliphatic carbocycles. The Labute approximate surface area is 174 Å². The van der Waals surface area contributed by atoms with Crippen LogP contribution in [0.2, 0.25) is 0 Å². The molecule has 1 aromatic carbocycles. The predicted octanol–water partition coefficient (Wildman–Crippen LogP) is 2.18. The standard InChI is InChI=1S/C23H33N5O/c29-23(20-8-2-1-3-9-20)26-14-7-17-28-15-5-12-24-18-21-10-4-11-22(27-21)19-25-13-6-16-28/h1-4,8-11,24-25H,5-7,12-19H2,(H,26,29). The van der Waals surface area contributed by atoms with E-state index in [2.05, 4.69) is 39.0 Å². The van der Waals surface area contributed by atoms with Crippen LogP contribution in [0.25, 0.3) is 0 Å². The van der Waals surface area contributed by atoms with Crippen molar-refractivity contribution in [2.75, 3.05) is 39.3 Å². The van der Waals surface area contributed by atoms with E-state index >= 15 is 0 Å². The number of fused-ring (bicyclic) bond motifs is 2. The fourth-order valence-electron chi connectivity index (χ4n) is 3.55. The van der Waals surface area contributed by atoms with Crippen molar-refractivity contribution in [3.05, 3.63) is 65.5 Å². The summed E-state index contributed by atoms with van der Waals surface area (Å²) >= 11 is 0. The average Bonchev–Trinajstić information content (AvgIpc) is 2.76. The third-order valence-corrected chi connectivity index (χ3v) is 5.11. The van der Waals surface area contributed by atoms with E-state index in [1.54, 1.807) is 0 Å². The third-order valence-electron chi connectivity index (χ3n) is 5.11. The van der Waals surface area contributed by atoms with Crippen LogP contribution in [0.1, 0.15) is 41.0 Å². The monoisotopic (exact) mass is 395 g/mol. The zero-order valence-electron chi connectivity index (χ0n) is 17.2. The molecule has 0 saturated heterocycles. The predicted molar refractivity (Wildman–Crippen MR) is 117 cm³/mol. The van der Waals surface area contributed by atoms with E-state index in [0.717, 1.165) is 82.0 Å². The van der Waals surface area contributed by atoms with Crippen LogP contribution in [0.5, 0.6) is 0 Å². The van der Waals surface area contributed by atoms with Crippen molar-refractivity contribution in [3.63, 3.8) is 0 Å². The van der Waals surface area contributed by atoms with E-state index in [9.17, 15) is 4.79 Å². The molecule has 2 heterocycles. The summed E-state index contributed by atoms with van der Waals surface area (Å²) in [5.74, 6) is 0.0109. The first-order chi connectivity index (χ1) is 14.3. The van der Waals surface area contributed by atoms with Crippen molar-refractivity contribution < 1.29 is 4.79 Å². The van der Waals surface area contributed by atoms with Crippen LogP contribution >= 0.6 is 0 Å². The van der Waals surface area contributed by atoms with Crippen LogP contribution in [-0.4, -0.2) is 55.1 Å². The number of amides is 1. The van der Waals surface area contributed by atoms with Gasteiger partial charge in [-0.05, 0) is 76.3 Å². The van der Waals surface area contributed by atoms with E-state index in [4.69, 9.17) is 4.98 Å². The van der Waals surface area contributed by atoms with Gasteiger partial charge in [0, 0.05) is 25.2 Å². The molecular formula is C23H33N5O. The smallest absolute Gasteiger partial charge is 0.251 e. The van der Waals surface area contributed by atoms with Crippen molar-refractivity contribution >= 4 is 5.91 Å². The molecule has 156 valence electrons. The Balaban J connectivity index is 1.39. The van der Waals surface area contributed by atoms with Gasteiger partial charge in [0.25, 0.3) is 5.91 Å². The molecule has 0 radical (unpaired) electrons. The Bertz CT molecular complexity index is 708. The zero-order valence-corrected chi connectivity index (χ0v) is 17.2. The fourth-order valence-corrected chi connectivity index (χ4v) is 3.55. The second-order valence-corrected chi connectivity index (χ2v) is 7.50. The molecule has 2 aromatic rings. The van der Waals surface area contributed by atoms with E-state index in [1.807, 2.05) is 30.3 Å². The molecule has 6 heteroatoms. The van der Waals surface area contributed by atoms with E-state index in [0.29, 0.717) is 6.54 Å². The number of nitrogens with one attached hydrogen (secondary N) is 3. The summed E-state index contributed by atoms with van der Waals surface area (Å²) in [4.78, 5) is 19.3. The topological polar surface area (TPSA) is 69.3 Å². The molecule has 1 aromatic heterocycles. The molecule has 1 amide bonds. The molecule has 3 N–H and O–H groups in total. The highest BCUT2D eigenvalue weighted by Crippen LogP contribution is 2.02. The Morgan fingerprint density at radius 1 is 0.931 bits per heavy atom. The SMILES string of the molecule is O=C(NCCCN1CCCNCc2cccc(n2)CNCCC1)c1ccccc1. The van der Waals surface area contributed by atoms with Crippen molar-refractivity contribution in [2.45, 2.75) is 32.4 Å². The Hall–Kier alpha value is -2.28. The lowest BCUT2D eigenvalue weighted by molar-refractivity contribution is 0.0951. The zero-order chi connectivity index (χ0) is 20.2. The number of aromatic nitrogens is 1. The van der Waals surface area contributed by atoms with Gasteiger partial charge in [-0.25, -0.2) is 0 Å². The molecule has 1 aliphatic heterocycles. The molecule has 2 bridgehead atoms. The van der Waals surface area contributed by atoms with Crippen molar-refractivity contribution in [2.24, 2.45) is 0 Å². The third kappa shape index (κ3) is 7.93. The van der Waals surface area contributed by atoms with Crippen molar-refractivity contribution in [3.8, 4) is 0 Å². The molecular weight excluding hydrogens is 362 g/mol. The minimum Gasteiger partial charge on any atom is -0.352 e. The van der Waals surface area contributed by atoms with E-state index in [1.165, 1.54) is 0 Å². The lowest BCUT2D eigenvalue weighted by Gasteiger charge is -2.23. The molecule has 0 spiro atoms. The number of carbonyl (C=O) groups excluding carboxylic acids is 1. The maximum Gasteiger partial charge on any atom is 0.251 e. The Morgan fingerprint density at radius 3 is 2.24 bits per heavy atom. The molecule has 0 fully saturated rings. The van der Waals surface area contributed by atoms with Gasteiger partial charge in [-0.15, -0.1) is 0 Å². The summed E-state index contributed by atoms with van der Waals surface area (Å²) in [6.45, 7) is 7.49. The van der Waals surface area contributed by atoms with Gasteiger partial charge in [-0.2, -0.15) is 0 Å². The van der Waals surface area contributed by atoms with Crippen molar-refractivity contribution in [1.82, 2.24) is 25.8 Å². The largest absolute Gasteiger partial charge is 0.352 e. The fraction of sp³-hybridized carbons (Fsp3) is 0.478. The molecule has 0 saturated carbocycles. The molecule has 3 rings (SSSR count). The highest BCUT2D eigenvalue weighted by molar-refractivity contribution is 5.94. The highest BCUT2D eigenvalue weighted by atomic mass is 16.1. The number of carbonyl (C=O) groups is 1. The molecule has 0 unspecified atom stereocenters. The van der Waals surface area contributed by atoms with Gasteiger partial charge in [0.2, 0.25) is 0 Å². The van der Waals surface area contributed by atoms with Gasteiger partial charge in [-0.1, -0.05) is 24.3 Å². The number of hydrogen-bond acceptors (Lipinski definition) is 5. The highest BCUT2D eigenvalue weighted by Gasteiger charge is 2.08. The maximum atomic E-state index is 12.1. The second kappa shape index (κ2) is 12.3. The summed E-state index contributed by atoms with van der Waals surface area (Å²) in [5.41, 5.74) is 2.93. The van der Waals surface area contributed by atoms with Crippen LogP contribution in [0.15, 0.2) is 48.5 Å². The number of rotatable bonds is 5. The number of nitrogens with zero attached hydrogens (tertiary/aromatic N) is 2. The minimum atomic E-state index is 0.0109. The Kier molecular flexibility index (Phi) is 9.10. The lowest BCUT2D eigenvalue weighted by atomic mass is 10.2. The van der Waals surface area contributed by atoms with Crippen molar-refractivity contribution in [1.29, 1.82) is 0 Å². The first-order valence-electron chi connectivity index (χ1n) is 10.7. The summed E-state index contributed by atoms with van der Waals surface area (Å²) in [6.07, 6.45) is 3.20. The number of benzene rings is 1. The van der Waals surface area contributed by atoms with Crippen LogP contribution in [0, 0.1) is 0 Å². The van der Waals surface area contributed by atoms with Gasteiger partial charge >= 0.3 is 0 Å². The summed E-state index contributed by atoms with van der Waals surface area (Å²) in [5, 5.41) is 10.0. The lowest BCUT2D eigenvalue weighted by Crippen LogP contribution is -2.34. The summed E-state index contributed by atoms with van der Waals surface area (Å²) in [6, 6.07) is 15.7.